The molecule has 2 rings (SSSR count). The van der Waals surface area contributed by atoms with Crippen molar-refractivity contribution >= 4 is 39.2 Å². The molecule has 0 fully saturated rings. The number of rotatable bonds is 4. The number of pyridine rings is 1. The molecular weight excluding hydrogens is 344 g/mol. The quantitative estimate of drug-likeness (QED) is 0.845. The van der Waals surface area contributed by atoms with E-state index in [1.807, 2.05) is 12.1 Å². The van der Waals surface area contributed by atoms with E-state index in [4.69, 9.17) is 16.3 Å². The maximum Gasteiger partial charge on any atom is 0.340 e. The maximum atomic E-state index is 11.7. The first-order chi connectivity index (χ1) is 9.60. The molecule has 0 aliphatic rings. The number of nitrogens with zero attached hydrogens (tertiary/aromatic N) is 1. The van der Waals surface area contributed by atoms with Gasteiger partial charge in [-0.25, -0.2) is 4.79 Å². The van der Waals surface area contributed by atoms with Gasteiger partial charge in [0.05, 0.1) is 24.9 Å². The minimum atomic E-state index is -0.432. The Kier molecular flexibility index (Phi) is 4.98. The predicted molar refractivity (Wildman–Crippen MR) is 82.1 cm³/mol. The average Bonchev–Trinajstić information content (AvgIpc) is 2.46. The van der Waals surface area contributed by atoms with E-state index in [-0.39, 0.29) is 0 Å². The molecule has 0 aliphatic carbocycles. The zero-order valence-corrected chi connectivity index (χ0v) is 13.0. The van der Waals surface area contributed by atoms with Crippen molar-refractivity contribution in [3.05, 3.63) is 57.3 Å². The van der Waals surface area contributed by atoms with Gasteiger partial charge in [0.15, 0.2) is 0 Å². The Morgan fingerprint density at radius 3 is 2.85 bits per heavy atom. The fraction of sp³-hybridized carbons (Fsp3) is 0.143. The summed E-state index contributed by atoms with van der Waals surface area (Å²) in [5.41, 5.74) is 1.92. The number of halogens is 2. The van der Waals surface area contributed by atoms with Gasteiger partial charge in [0, 0.05) is 21.4 Å². The van der Waals surface area contributed by atoms with Crippen LogP contribution in [0.15, 0.2) is 41.0 Å². The highest BCUT2D eigenvalue weighted by Gasteiger charge is 2.12. The molecular formula is C14H12BrClN2O2. The van der Waals surface area contributed by atoms with Crippen LogP contribution < -0.4 is 5.32 Å². The molecule has 6 heteroatoms. The van der Waals surface area contributed by atoms with E-state index in [1.54, 1.807) is 24.4 Å². The van der Waals surface area contributed by atoms with Gasteiger partial charge in [0.25, 0.3) is 0 Å². The number of nitrogens with one attached hydrogen (secondary N) is 1. The normalized spacial score (nSPS) is 10.2. The van der Waals surface area contributed by atoms with Crippen LogP contribution in [0.5, 0.6) is 0 Å². The number of hydrogen-bond acceptors (Lipinski definition) is 4. The minimum absolute atomic E-state index is 0.400. The van der Waals surface area contributed by atoms with E-state index in [1.165, 1.54) is 7.11 Å². The maximum absolute atomic E-state index is 11.7. The molecule has 4 nitrogen and oxygen atoms in total. The summed E-state index contributed by atoms with van der Waals surface area (Å²) >= 11 is 9.23. The van der Waals surface area contributed by atoms with Crippen LogP contribution in [0.4, 0.5) is 5.69 Å². The first-order valence-corrected chi connectivity index (χ1v) is 6.99. The highest BCUT2D eigenvalue weighted by Crippen LogP contribution is 2.22. The zero-order valence-electron chi connectivity index (χ0n) is 10.7. The van der Waals surface area contributed by atoms with Crippen LogP contribution in [0.1, 0.15) is 16.1 Å². The molecule has 104 valence electrons. The number of aromatic nitrogens is 1. The van der Waals surface area contributed by atoms with E-state index in [0.29, 0.717) is 22.8 Å². The fourth-order valence-corrected chi connectivity index (χ4v) is 2.05. The lowest BCUT2D eigenvalue weighted by Gasteiger charge is -2.11. The second kappa shape index (κ2) is 6.72. The third-order valence-electron chi connectivity index (χ3n) is 2.64. The minimum Gasteiger partial charge on any atom is -0.465 e. The van der Waals surface area contributed by atoms with Gasteiger partial charge in [0.1, 0.15) is 0 Å². The lowest BCUT2D eigenvalue weighted by Crippen LogP contribution is -2.09. The topological polar surface area (TPSA) is 51.2 Å². The molecule has 1 heterocycles. The molecule has 0 aliphatic heterocycles. The van der Waals surface area contributed by atoms with E-state index < -0.39 is 5.97 Å². The fourth-order valence-electron chi connectivity index (χ4n) is 1.65. The third-order valence-corrected chi connectivity index (χ3v) is 3.34. The van der Waals surface area contributed by atoms with Gasteiger partial charge in [-0.15, -0.1) is 0 Å². The van der Waals surface area contributed by atoms with Crippen molar-refractivity contribution in [1.82, 2.24) is 4.98 Å². The number of ether oxygens (including phenoxy) is 1. The van der Waals surface area contributed by atoms with Crippen LogP contribution in [-0.2, 0) is 11.3 Å². The summed E-state index contributed by atoms with van der Waals surface area (Å²) in [4.78, 5) is 16.0. The molecule has 0 saturated carbocycles. The van der Waals surface area contributed by atoms with Gasteiger partial charge in [-0.3, -0.25) is 4.98 Å². The molecule has 2 aromatic rings. The number of anilines is 1. The van der Waals surface area contributed by atoms with Gasteiger partial charge in [-0.05, 0) is 46.3 Å². The lowest BCUT2D eigenvalue weighted by molar-refractivity contribution is 0.0602. The molecule has 0 atom stereocenters. The number of esters is 1. The average molecular weight is 356 g/mol. The third kappa shape index (κ3) is 3.71. The van der Waals surface area contributed by atoms with Crippen molar-refractivity contribution in [2.45, 2.75) is 6.54 Å². The van der Waals surface area contributed by atoms with E-state index in [9.17, 15) is 4.79 Å². The Labute approximate surface area is 130 Å². The number of carbonyl (C=O) groups is 1. The Balaban J connectivity index is 2.16. The molecule has 20 heavy (non-hydrogen) atoms. The van der Waals surface area contributed by atoms with Gasteiger partial charge in [-0.1, -0.05) is 11.6 Å². The molecule has 0 bridgehead atoms. The van der Waals surface area contributed by atoms with Crippen LogP contribution in [0, 0.1) is 0 Å². The number of methoxy groups -OCH3 is 1. The van der Waals surface area contributed by atoms with Crippen molar-refractivity contribution in [3.63, 3.8) is 0 Å². The summed E-state index contributed by atoms with van der Waals surface area (Å²) in [5.74, 6) is -0.432. The summed E-state index contributed by atoms with van der Waals surface area (Å²) in [6, 6.07) is 8.83. The Hall–Kier alpha value is -1.59. The Morgan fingerprint density at radius 2 is 2.20 bits per heavy atom. The summed E-state index contributed by atoms with van der Waals surface area (Å²) in [6.45, 7) is 0.499. The molecule has 1 aromatic carbocycles. The summed E-state index contributed by atoms with van der Waals surface area (Å²) in [7, 11) is 1.34. The van der Waals surface area contributed by atoms with Crippen molar-refractivity contribution in [2.75, 3.05) is 12.4 Å². The van der Waals surface area contributed by atoms with Crippen LogP contribution >= 0.6 is 27.5 Å². The monoisotopic (exact) mass is 354 g/mol. The Bertz CT molecular complexity index is 617. The number of hydrogen-bond donors (Lipinski definition) is 1. The van der Waals surface area contributed by atoms with Crippen LogP contribution in [0.25, 0.3) is 0 Å². The molecule has 0 radical (unpaired) electrons. The summed E-state index contributed by atoms with van der Waals surface area (Å²) in [5, 5.41) is 3.64. The second-order valence-corrected chi connectivity index (χ2v) is 5.35. The molecule has 0 saturated heterocycles. The van der Waals surface area contributed by atoms with E-state index in [0.717, 1.165) is 10.2 Å². The van der Waals surface area contributed by atoms with Crippen LogP contribution in [0.3, 0.4) is 0 Å². The zero-order chi connectivity index (χ0) is 14.5. The van der Waals surface area contributed by atoms with Crippen molar-refractivity contribution in [3.8, 4) is 0 Å². The second-order valence-electron chi connectivity index (χ2n) is 4.00. The highest BCUT2D eigenvalue weighted by molar-refractivity contribution is 9.10. The van der Waals surface area contributed by atoms with Gasteiger partial charge in [-0.2, -0.15) is 0 Å². The molecule has 0 amide bonds. The number of benzene rings is 1. The van der Waals surface area contributed by atoms with Crippen molar-refractivity contribution < 1.29 is 9.53 Å². The van der Waals surface area contributed by atoms with Gasteiger partial charge >= 0.3 is 5.97 Å². The highest BCUT2D eigenvalue weighted by atomic mass is 79.9. The SMILES string of the molecule is COC(=O)c1cc(Cl)ccc1NCc1ccc(Br)cn1. The van der Waals surface area contributed by atoms with Crippen molar-refractivity contribution in [1.29, 1.82) is 0 Å². The first kappa shape index (κ1) is 14.8. The van der Waals surface area contributed by atoms with Crippen LogP contribution in [-0.4, -0.2) is 18.1 Å². The molecule has 0 unspecified atom stereocenters. The largest absolute Gasteiger partial charge is 0.465 e. The van der Waals surface area contributed by atoms with Gasteiger partial charge < -0.3 is 10.1 Å². The van der Waals surface area contributed by atoms with Gasteiger partial charge in [0.2, 0.25) is 0 Å². The standard InChI is InChI=1S/C14H12BrClN2O2/c1-20-14(19)12-6-10(16)3-5-13(12)18-8-11-4-2-9(15)7-17-11/h2-7,18H,8H2,1H3. The van der Waals surface area contributed by atoms with E-state index in [2.05, 4.69) is 26.2 Å². The summed E-state index contributed by atoms with van der Waals surface area (Å²) in [6.07, 6.45) is 1.72. The molecule has 1 aromatic heterocycles. The Morgan fingerprint density at radius 1 is 1.40 bits per heavy atom. The predicted octanol–water partition coefficient (Wildman–Crippen LogP) is 3.90. The smallest absolute Gasteiger partial charge is 0.340 e. The lowest BCUT2D eigenvalue weighted by atomic mass is 10.1. The molecule has 0 spiro atoms. The van der Waals surface area contributed by atoms with E-state index >= 15 is 0 Å². The first-order valence-electron chi connectivity index (χ1n) is 5.82. The number of carbonyl (C=O) groups excluding carboxylic acids is 1. The van der Waals surface area contributed by atoms with Crippen molar-refractivity contribution in [2.24, 2.45) is 0 Å². The van der Waals surface area contributed by atoms with Crippen LogP contribution in [0.2, 0.25) is 5.02 Å². The summed E-state index contributed by atoms with van der Waals surface area (Å²) < 4.78 is 5.66. The molecule has 1 N–H and O–H groups in total.